The summed E-state index contributed by atoms with van der Waals surface area (Å²) in [4.78, 5) is 28.3. The molecule has 5 heteroatoms. The molecule has 0 aliphatic rings. The molecule has 3 N–H and O–H groups in total. The zero-order chi connectivity index (χ0) is 11.5. The summed E-state index contributed by atoms with van der Waals surface area (Å²) in [6.45, 7) is 0. The monoisotopic (exact) mass is 215 g/mol. The smallest absolute Gasteiger partial charge is 0.345 e. The van der Waals surface area contributed by atoms with Gasteiger partial charge in [0.15, 0.2) is 0 Å². The number of aromatic nitrogens is 2. The van der Waals surface area contributed by atoms with E-state index in [1.54, 1.807) is 30.3 Å². The Labute approximate surface area is 91.0 Å². The molecule has 2 rings (SSSR count). The van der Waals surface area contributed by atoms with Crippen molar-refractivity contribution >= 4 is 5.91 Å². The van der Waals surface area contributed by atoms with E-state index < -0.39 is 11.6 Å². The summed E-state index contributed by atoms with van der Waals surface area (Å²) < 4.78 is 0. The van der Waals surface area contributed by atoms with Gasteiger partial charge in [-0.3, -0.25) is 4.79 Å². The molecule has 0 spiro atoms. The lowest BCUT2D eigenvalue weighted by molar-refractivity contribution is 0.100. The summed E-state index contributed by atoms with van der Waals surface area (Å²) in [7, 11) is 0. The molecular formula is C11H9N3O2. The molecule has 0 fully saturated rings. The Bertz CT molecular complexity index is 590. The topological polar surface area (TPSA) is 88.8 Å². The maximum Gasteiger partial charge on any atom is 0.345 e. The maximum absolute atomic E-state index is 11.2. The first-order chi connectivity index (χ1) is 7.68. The molecule has 80 valence electrons. The highest BCUT2D eigenvalue weighted by Gasteiger charge is 2.09. The van der Waals surface area contributed by atoms with E-state index in [1.165, 1.54) is 6.20 Å². The van der Waals surface area contributed by atoms with Gasteiger partial charge < -0.3 is 10.7 Å². The summed E-state index contributed by atoms with van der Waals surface area (Å²) in [5, 5.41) is 0. The molecule has 1 aromatic heterocycles. The van der Waals surface area contributed by atoms with Crippen LogP contribution in [-0.4, -0.2) is 15.9 Å². The van der Waals surface area contributed by atoms with Gasteiger partial charge >= 0.3 is 5.69 Å². The van der Waals surface area contributed by atoms with Crippen molar-refractivity contribution in [2.24, 2.45) is 5.73 Å². The molecule has 0 radical (unpaired) electrons. The highest BCUT2D eigenvalue weighted by Crippen LogP contribution is 2.19. The van der Waals surface area contributed by atoms with Gasteiger partial charge in [0.2, 0.25) is 5.91 Å². The Kier molecular flexibility index (Phi) is 2.51. The van der Waals surface area contributed by atoms with Gasteiger partial charge in [0.05, 0.1) is 5.69 Å². The second-order valence-corrected chi connectivity index (χ2v) is 3.20. The van der Waals surface area contributed by atoms with Gasteiger partial charge in [-0.05, 0) is 12.1 Å². The molecule has 0 unspecified atom stereocenters. The van der Waals surface area contributed by atoms with Crippen LogP contribution in [0.3, 0.4) is 0 Å². The molecule has 0 bridgehead atoms. The van der Waals surface area contributed by atoms with Crippen LogP contribution in [0.1, 0.15) is 10.4 Å². The minimum atomic E-state index is -0.534. The van der Waals surface area contributed by atoms with Crippen molar-refractivity contribution in [3.8, 4) is 11.3 Å². The van der Waals surface area contributed by atoms with Crippen LogP contribution in [0.2, 0.25) is 0 Å². The van der Waals surface area contributed by atoms with Gasteiger partial charge in [-0.25, -0.2) is 9.78 Å². The minimum absolute atomic E-state index is 0.365. The third-order valence-corrected chi connectivity index (χ3v) is 2.16. The fraction of sp³-hybridized carbons (Fsp3) is 0. The Morgan fingerprint density at radius 3 is 2.69 bits per heavy atom. The van der Waals surface area contributed by atoms with Crippen LogP contribution in [0.5, 0.6) is 0 Å². The quantitative estimate of drug-likeness (QED) is 0.766. The van der Waals surface area contributed by atoms with E-state index in [9.17, 15) is 9.59 Å². The number of primary amides is 1. The number of nitrogens with zero attached hydrogens (tertiary/aromatic N) is 1. The predicted octanol–water partition coefficient (Wildman–Crippen LogP) is 0.536. The molecule has 0 saturated carbocycles. The number of hydrogen-bond donors (Lipinski definition) is 2. The number of aromatic amines is 1. The Morgan fingerprint density at radius 1 is 1.25 bits per heavy atom. The number of amides is 1. The maximum atomic E-state index is 11.2. The van der Waals surface area contributed by atoms with Gasteiger partial charge in [-0.2, -0.15) is 0 Å². The highest BCUT2D eigenvalue weighted by molar-refractivity contribution is 5.99. The van der Waals surface area contributed by atoms with Crippen molar-refractivity contribution in [3.05, 3.63) is 52.6 Å². The number of rotatable bonds is 2. The van der Waals surface area contributed by atoms with Gasteiger partial charge in [0.1, 0.15) is 0 Å². The number of carbonyl (C=O) groups is 1. The first-order valence-corrected chi connectivity index (χ1v) is 4.63. The molecule has 0 saturated heterocycles. The standard InChI is InChI=1S/C11H9N3O2/c12-10(15)8-4-2-1-3-7(8)9-5-6-13-11(16)14-9/h1-6H,(H2,12,15)(H,13,14,16). The zero-order valence-corrected chi connectivity index (χ0v) is 8.31. The van der Waals surface area contributed by atoms with E-state index in [-0.39, 0.29) is 0 Å². The van der Waals surface area contributed by atoms with Crippen LogP contribution in [0.4, 0.5) is 0 Å². The van der Waals surface area contributed by atoms with Crippen LogP contribution < -0.4 is 11.4 Å². The molecule has 5 nitrogen and oxygen atoms in total. The summed E-state index contributed by atoms with van der Waals surface area (Å²) in [6, 6.07) is 8.41. The number of H-pyrrole nitrogens is 1. The van der Waals surface area contributed by atoms with Gasteiger partial charge in [-0.15, -0.1) is 0 Å². The first-order valence-electron chi connectivity index (χ1n) is 4.63. The number of hydrogen-bond acceptors (Lipinski definition) is 3. The summed E-state index contributed by atoms with van der Waals surface area (Å²) in [5.74, 6) is -0.534. The van der Waals surface area contributed by atoms with Crippen LogP contribution >= 0.6 is 0 Å². The lowest BCUT2D eigenvalue weighted by atomic mass is 10.0. The predicted molar refractivity (Wildman–Crippen MR) is 58.8 cm³/mol. The highest BCUT2D eigenvalue weighted by atomic mass is 16.1. The molecule has 16 heavy (non-hydrogen) atoms. The summed E-state index contributed by atoms with van der Waals surface area (Å²) in [6.07, 6.45) is 1.38. The van der Waals surface area contributed by atoms with E-state index in [4.69, 9.17) is 5.73 Å². The van der Waals surface area contributed by atoms with Crippen molar-refractivity contribution < 1.29 is 4.79 Å². The molecule has 0 atom stereocenters. The van der Waals surface area contributed by atoms with Crippen LogP contribution in [0, 0.1) is 0 Å². The largest absolute Gasteiger partial charge is 0.366 e. The van der Waals surface area contributed by atoms with Crippen molar-refractivity contribution in [1.29, 1.82) is 0 Å². The van der Waals surface area contributed by atoms with E-state index in [0.717, 1.165) is 0 Å². The first kappa shape index (κ1) is 10.1. The summed E-state index contributed by atoms with van der Waals surface area (Å²) in [5.41, 5.74) is 6.26. The van der Waals surface area contributed by atoms with E-state index in [1.807, 2.05) is 0 Å². The lowest BCUT2D eigenvalue weighted by Gasteiger charge is -2.05. The molecule has 1 aromatic carbocycles. The Balaban J connectivity index is 2.64. The fourth-order valence-corrected chi connectivity index (χ4v) is 1.46. The number of nitrogens with two attached hydrogens (primary N) is 1. The van der Waals surface area contributed by atoms with Crippen LogP contribution in [-0.2, 0) is 0 Å². The molecular weight excluding hydrogens is 206 g/mol. The fourth-order valence-electron chi connectivity index (χ4n) is 1.46. The summed E-state index contributed by atoms with van der Waals surface area (Å²) >= 11 is 0. The van der Waals surface area contributed by atoms with Gasteiger partial charge in [-0.1, -0.05) is 18.2 Å². The Hall–Kier alpha value is -2.43. The van der Waals surface area contributed by atoms with Crippen LogP contribution in [0.25, 0.3) is 11.3 Å². The second kappa shape index (κ2) is 3.98. The number of carbonyl (C=O) groups excluding carboxylic acids is 1. The third-order valence-electron chi connectivity index (χ3n) is 2.16. The van der Waals surface area contributed by atoms with Crippen molar-refractivity contribution in [1.82, 2.24) is 9.97 Å². The lowest BCUT2D eigenvalue weighted by Crippen LogP contribution is -2.14. The molecule has 0 aliphatic carbocycles. The van der Waals surface area contributed by atoms with E-state index >= 15 is 0 Å². The van der Waals surface area contributed by atoms with Crippen molar-refractivity contribution in [2.45, 2.75) is 0 Å². The normalized spacial score (nSPS) is 10.0. The van der Waals surface area contributed by atoms with E-state index in [2.05, 4.69) is 9.97 Å². The number of nitrogens with one attached hydrogen (secondary N) is 1. The second-order valence-electron chi connectivity index (χ2n) is 3.20. The molecule has 1 heterocycles. The Morgan fingerprint density at radius 2 is 2.00 bits per heavy atom. The number of benzene rings is 1. The van der Waals surface area contributed by atoms with Crippen molar-refractivity contribution in [2.75, 3.05) is 0 Å². The third kappa shape index (κ3) is 1.83. The molecule has 1 amide bonds. The van der Waals surface area contributed by atoms with Gasteiger partial charge in [0.25, 0.3) is 0 Å². The minimum Gasteiger partial charge on any atom is -0.366 e. The van der Waals surface area contributed by atoms with E-state index in [0.29, 0.717) is 16.8 Å². The average molecular weight is 215 g/mol. The average Bonchev–Trinajstić information content (AvgIpc) is 2.29. The van der Waals surface area contributed by atoms with Crippen molar-refractivity contribution in [3.63, 3.8) is 0 Å². The zero-order valence-electron chi connectivity index (χ0n) is 8.31. The molecule has 0 aliphatic heterocycles. The van der Waals surface area contributed by atoms with Gasteiger partial charge in [0, 0.05) is 17.3 Å². The van der Waals surface area contributed by atoms with Crippen LogP contribution in [0.15, 0.2) is 41.3 Å². The SMILES string of the molecule is NC(=O)c1ccccc1-c1ccnc(=O)[nH]1. The molecule has 2 aromatic rings.